The number of aromatic nitrogens is 2. The molecule has 2 aromatic rings. The summed E-state index contributed by atoms with van der Waals surface area (Å²) in [7, 11) is 0. The van der Waals surface area contributed by atoms with Crippen molar-refractivity contribution in [2.24, 2.45) is 9.98 Å². The minimum atomic E-state index is -0.281. The molecule has 7 heteroatoms. The number of nitrogens with one attached hydrogen (secondary N) is 2. The van der Waals surface area contributed by atoms with Crippen LogP contribution in [0.4, 0.5) is 0 Å². The summed E-state index contributed by atoms with van der Waals surface area (Å²) < 4.78 is 0.159. The van der Waals surface area contributed by atoms with Crippen LogP contribution < -0.4 is 10.7 Å². The average Bonchev–Trinajstić information content (AvgIpc) is 3.42. The predicted molar refractivity (Wildman–Crippen MR) is 137 cm³/mol. The molecule has 5 rings (SSSR count). The molecule has 0 aromatic carbocycles. The molecule has 0 saturated heterocycles. The van der Waals surface area contributed by atoms with E-state index < -0.39 is 0 Å². The molecular formula is C20H15I3N4. The Balaban J connectivity index is 1.68. The second-order valence-corrected chi connectivity index (χ2v) is 11.1. The van der Waals surface area contributed by atoms with Crippen molar-refractivity contribution < 1.29 is 0 Å². The van der Waals surface area contributed by atoms with Crippen LogP contribution in [0.5, 0.6) is 0 Å². The fourth-order valence-electron chi connectivity index (χ4n) is 3.45. The fraction of sp³-hybridized carbons (Fsp3) is 0.200. The molecule has 0 radical (unpaired) electrons. The van der Waals surface area contributed by atoms with Gasteiger partial charge in [-0.1, -0.05) is 51.3 Å². The summed E-state index contributed by atoms with van der Waals surface area (Å²) in [5.41, 5.74) is 4.38. The number of rotatable bonds is 0. The lowest BCUT2D eigenvalue weighted by Gasteiger charge is -2.23. The van der Waals surface area contributed by atoms with Gasteiger partial charge in [-0.15, -0.1) is 0 Å². The van der Waals surface area contributed by atoms with Crippen molar-refractivity contribution in [1.29, 1.82) is 0 Å². The van der Waals surface area contributed by atoms with Crippen LogP contribution in [0.2, 0.25) is 0 Å². The molecule has 5 heterocycles. The smallest absolute Gasteiger partial charge is 0.147 e. The van der Waals surface area contributed by atoms with Crippen LogP contribution in [0.1, 0.15) is 15.3 Å². The molecule has 136 valence electrons. The van der Waals surface area contributed by atoms with Gasteiger partial charge in [0.2, 0.25) is 0 Å². The lowest BCUT2D eigenvalue weighted by atomic mass is 10.1. The molecule has 2 N–H and O–H groups in total. The number of nitrogens with zero attached hydrogens (tertiary/aromatic N) is 2. The number of hydrogen-bond donors (Lipinski definition) is 2. The Labute approximate surface area is 197 Å². The summed E-state index contributed by atoms with van der Waals surface area (Å²) in [4.78, 5) is 17.0. The first-order valence-electron chi connectivity index (χ1n) is 8.60. The number of H-pyrrole nitrogens is 2. The first-order chi connectivity index (χ1) is 13.0. The van der Waals surface area contributed by atoms with Gasteiger partial charge < -0.3 is 9.97 Å². The molecule has 2 aromatic heterocycles. The van der Waals surface area contributed by atoms with Crippen molar-refractivity contribution in [1.82, 2.24) is 9.97 Å². The molecule has 0 saturated carbocycles. The van der Waals surface area contributed by atoms with Crippen molar-refractivity contribution in [3.63, 3.8) is 0 Å². The van der Waals surface area contributed by atoms with Gasteiger partial charge in [0.15, 0.2) is 0 Å². The van der Waals surface area contributed by atoms with E-state index >= 15 is 0 Å². The Hall–Kier alpha value is -0.690. The van der Waals surface area contributed by atoms with Crippen LogP contribution in [-0.4, -0.2) is 34.9 Å². The lowest BCUT2D eigenvalue weighted by Crippen LogP contribution is -2.25. The molecule has 27 heavy (non-hydrogen) atoms. The zero-order valence-electron chi connectivity index (χ0n) is 14.0. The van der Waals surface area contributed by atoms with Crippen molar-refractivity contribution in [3.8, 4) is 0 Å². The Kier molecular flexibility index (Phi) is 4.74. The number of aromatic amines is 2. The molecule has 0 spiro atoms. The highest BCUT2D eigenvalue weighted by molar-refractivity contribution is 14.1. The minimum absolute atomic E-state index is 0.123. The van der Waals surface area contributed by atoms with Gasteiger partial charge in [0.25, 0.3) is 0 Å². The third-order valence-corrected chi connectivity index (χ3v) is 10.2. The molecule has 0 fully saturated rings. The summed E-state index contributed by atoms with van der Waals surface area (Å²) in [6.07, 6.45) is 12.9. The lowest BCUT2D eigenvalue weighted by molar-refractivity contribution is 0.779. The van der Waals surface area contributed by atoms with Gasteiger partial charge in [0, 0.05) is 22.1 Å². The highest BCUT2D eigenvalue weighted by Crippen LogP contribution is 2.46. The van der Waals surface area contributed by atoms with E-state index in [2.05, 4.69) is 138 Å². The quantitative estimate of drug-likeness (QED) is 0.241. The van der Waals surface area contributed by atoms with Crippen LogP contribution >= 0.6 is 67.8 Å². The van der Waals surface area contributed by atoms with E-state index in [1.807, 2.05) is 0 Å². The fourth-order valence-corrected chi connectivity index (χ4v) is 5.70. The Morgan fingerprint density at radius 3 is 2.63 bits per heavy atom. The highest BCUT2D eigenvalue weighted by Gasteiger charge is 2.38. The number of fused-ring (bicyclic) bond motifs is 6. The third-order valence-electron chi connectivity index (χ3n) is 4.84. The molecule has 4 atom stereocenters. The zero-order chi connectivity index (χ0) is 18.6. The number of hydrogen-bond acceptors (Lipinski definition) is 2. The van der Waals surface area contributed by atoms with Crippen molar-refractivity contribution in [3.05, 3.63) is 70.7 Å². The SMILES string of the molecule is IC1C2=NC(I)(C=C2)C(I)c2ccc([nH]2)C=c2ccc([nH]2)=CC2=NC1C=C2. The van der Waals surface area contributed by atoms with E-state index in [0.717, 1.165) is 27.8 Å². The number of halogens is 3. The maximum Gasteiger partial charge on any atom is 0.147 e. The normalized spacial score (nSPS) is 31.3. The van der Waals surface area contributed by atoms with Crippen LogP contribution in [0.25, 0.3) is 12.2 Å². The molecule has 0 aliphatic carbocycles. The van der Waals surface area contributed by atoms with E-state index in [1.165, 1.54) is 5.69 Å². The van der Waals surface area contributed by atoms with Gasteiger partial charge >= 0.3 is 0 Å². The van der Waals surface area contributed by atoms with E-state index in [0.29, 0.717) is 0 Å². The largest absolute Gasteiger partial charge is 0.358 e. The molecule has 8 bridgehead atoms. The van der Waals surface area contributed by atoms with E-state index in [4.69, 9.17) is 9.98 Å². The standard InChI is InChI=1S/C20H15I3N4/c21-18-15-5-3-13(25-15)9-11-1-2-12(24-11)10-14-4-6-17(26-14)19(22)20(23)8-7-16(18)27-20/h1-10,15,18-19,24,26H. The highest BCUT2D eigenvalue weighted by atomic mass is 127. The van der Waals surface area contributed by atoms with Gasteiger partial charge in [0.05, 0.1) is 25.3 Å². The van der Waals surface area contributed by atoms with Gasteiger partial charge in [-0.25, -0.2) is 0 Å². The predicted octanol–water partition coefficient (Wildman–Crippen LogP) is 3.77. The van der Waals surface area contributed by atoms with Gasteiger partial charge in [-0.2, -0.15) is 0 Å². The van der Waals surface area contributed by atoms with E-state index in [1.54, 1.807) is 0 Å². The maximum absolute atomic E-state index is 5.10. The Bertz CT molecular complexity index is 1150. The molecule has 4 nitrogen and oxygen atoms in total. The topological polar surface area (TPSA) is 56.3 Å². The van der Waals surface area contributed by atoms with Crippen LogP contribution in [0.15, 0.2) is 58.6 Å². The van der Waals surface area contributed by atoms with Crippen LogP contribution in [0.3, 0.4) is 0 Å². The van der Waals surface area contributed by atoms with Crippen LogP contribution in [-0.2, 0) is 0 Å². The summed E-state index contributed by atoms with van der Waals surface area (Å²) in [6, 6.07) is 8.60. The molecule has 3 aliphatic rings. The molecule has 3 aliphatic heterocycles. The van der Waals surface area contributed by atoms with E-state index in [-0.39, 0.29) is 17.4 Å². The van der Waals surface area contributed by atoms with Gasteiger partial charge in [0.1, 0.15) is 3.55 Å². The zero-order valence-corrected chi connectivity index (χ0v) is 20.5. The van der Waals surface area contributed by atoms with E-state index in [9.17, 15) is 0 Å². The molecule has 0 amide bonds. The second kappa shape index (κ2) is 6.97. The number of allylic oxidation sites excluding steroid dienone is 2. The first-order valence-corrected chi connectivity index (χ1v) is 12.2. The summed E-state index contributed by atoms with van der Waals surface area (Å²) in [5, 5.41) is 2.13. The van der Waals surface area contributed by atoms with Crippen molar-refractivity contribution >= 4 is 91.3 Å². The summed E-state index contributed by atoms with van der Waals surface area (Å²) in [5.74, 6) is 0. The Morgan fingerprint density at radius 1 is 0.963 bits per heavy atom. The summed E-state index contributed by atoms with van der Waals surface area (Å²) in [6.45, 7) is 0. The van der Waals surface area contributed by atoms with Crippen molar-refractivity contribution in [2.75, 3.05) is 0 Å². The molecule has 4 unspecified atom stereocenters. The number of aliphatic imine (C=N–C) groups is 2. The van der Waals surface area contributed by atoms with Crippen molar-refractivity contribution in [2.45, 2.75) is 17.4 Å². The second-order valence-electron chi connectivity index (χ2n) is 6.79. The van der Waals surface area contributed by atoms with Gasteiger partial charge in [-0.05, 0) is 77.2 Å². The third kappa shape index (κ3) is 3.43. The number of alkyl halides is 3. The molecular weight excluding hydrogens is 677 g/mol. The average molecular weight is 692 g/mol. The van der Waals surface area contributed by atoms with Gasteiger partial charge in [-0.3, -0.25) is 9.98 Å². The maximum atomic E-state index is 5.10. The first kappa shape index (κ1) is 18.3. The summed E-state index contributed by atoms with van der Waals surface area (Å²) >= 11 is 7.44. The Morgan fingerprint density at radius 2 is 1.78 bits per heavy atom. The van der Waals surface area contributed by atoms with Crippen LogP contribution in [0, 0.1) is 0 Å². The monoisotopic (exact) mass is 692 g/mol. The minimum Gasteiger partial charge on any atom is -0.358 e.